The van der Waals surface area contributed by atoms with Crippen molar-refractivity contribution in [1.29, 1.82) is 0 Å². The summed E-state index contributed by atoms with van der Waals surface area (Å²) < 4.78 is 20.0. The lowest BCUT2D eigenvalue weighted by Crippen LogP contribution is -2.13. The van der Waals surface area contributed by atoms with E-state index in [2.05, 4.69) is 196 Å². The molecule has 0 spiro atoms. The van der Waals surface area contributed by atoms with Gasteiger partial charge >= 0.3 is 0 Å². The molecule has 12 rings (SSSR count). The zero-order valence-corrected chi connectivity index (χ0v) is 33.5. The van der Waals surface area contributed by atoms with E-state index in [4.69, 9.17) is 13.3 Å². The molecule has 0 unspecified atom stereocenters. The molecule has 0 saturated heterocycles. The maximum Gasteiger partial charge on any atom is 0.143 e. The number of hydrogen-bond acceptors (Lipinski definition) is 4. The Hall–Kier alpha value is -7.56. The van der Waals surface area contributed by atoms with Crippen LogP contribution in [0.5, 0.6) is 0 Å². The van der Waals surface area contributed by atoms with Gasteiger partial charge < -0.3 is 18.2 Å². The minimum atomic E-state index is 0.0560. The first kappa shape index (κ1) is 34.5. The summed E-state index contributed by atoms with van der Waals surface area (Å²) in [5.41, 5.74) is 13.9. The number of rotatable bonds is 5. The second-order valence-corrected chi connectivity index (χ2v) is 16.9. The van der Waals surface area contributed by atoms with Crippen molar-refractivity contribution in [2.45, 2.75) is 26.2 Å². The van der Waals surface area contributed by atoms with Crippen molar-refractivity contribution >= 4 is 93.7 Å². The van der Waals surface area contributed by atoms with Crippen molar-refractivity contribution in [2.75, 3.05) is 4.90 Å². The van der Waals surface area contributed by atoms with Gasteiger partial charge in [-0.3, -0.25) is 0 Å². The fourth-order valence-corrected chi connectivity index (χ4v) is 9.20. The minimum Gasteiger partial charge on any atom is -0.456 e. The first-order valence-corrected chi connectivity index (χ1v) is 20.6. The van der Waals surface area contributed by atoms with Gasteiger partial charge in [-0.25, -0.2) is 0 Å². The number of para-hydroxylation sites is 3. The molecule has 0 N–H and O–H groups in total. The van der Waals surface area contributed by atoms with E-state index in [1.807, 2.05) is 12.1 Å². The Bertz CT molecular complexity index is 3650. The molecule has 9 aromatic carbocycles. The van der Waals surface area contributed by atoms with E-state index in [0.29, 0.717) is 0 Å². The molecule has 3 heterocycles. The molecule has 0 aliphatic heterocycles. The first-order valence-electron chi connectivity index (χ1n) is 20.6. The molecule has 12 aromatic rings. The monoisotopic (exact) mass is 773 g/mol. The lowest BCUT2D eigenvalue weighted by Gasteiger charge is -2.27. The molecule has 0 amide bonds. The number of nitrogens with zero attached hydrogens (tertiary/aromatic N) is 1. The van der Waals surface area contributed by atoms with Gasteiger partial charge in [-0.05, 0) is 93.5 Å². The third-order valence-electron chi connectivity index (χ3n) is 12.2. The highest BCUT2D eigenvalue weighted by atomic mass is 16.3. The number of benzene rings is 9. The quantitative estimate of drug-likeness (QED) is 0.175. The molecule has 0 saturated carbocycles. The van der Waals surface area contributed by atoms with E-state index in [1.165, 1.54) is 16.3 Å². The average Bonchev–Trinajstić information content (AvgIpc) is 3.97. The molecular formula is C56H39NO3. The Labute approximate surface area is 346 Å². The number of fused-ring (bicyclic) bond motifs is 10. The molecule has 0 fully saturated rings. The largest absolute Gasteiger partial charge is 0.456 e. The highest BCUT2D eigenvalue weighted by Gasteiger charge is 2.21. The van der Waals surface area contributed by atoms with E-state index in [-0.39, 0.29) is 5.41 Å². The van der Waals surface area contributed by atoms with E-state index in [0.717, 1.165) is 105 Å². The molecule has 286 valence electrons. The zero-order chi connectivity index (χ0) is 40.1. The van der Waals surface area contributed by atoms with Gasteiger partial charge in [0.25, 0.3) is 0 Å². The summed E-state index contributed by atoms with van der Waals surface area (Å²) in [5, 5.41) is 8.92. The van der Waals surface area contributed by atoms with Crippen LogP contribution in [0.1, 0.15) is 26.3 Å². The second-order valence-electron chi connectivity index (χ2n) is 16.9. The van der Waals surface area contributed by atoms with Crippen LogP contribution in [0.4, 0.5) is 17.1 Å². The Morgan fingerprint density at radius 1 is 0.367 bits per heavy atom. The topological polar surface area (TPSA) is 42.7 Å². The van der Waals surface area contributed by atoms with Gasteiger partial charge in [-0.15, -0.1) is 0 Å². The molecule has 4 nitrogen and oxygen atoms in total. The van der Waals surface area contributed by atoms with Gasteiger partial charge in [-0.2, -0.15) is 0 Å². The number of furan rings is 3. The van der Waals surface area contributed by atoms with Crippen LogP contribution in [0.25, 0.3) is 98.8 Å². The van der Waals surface area contributed by atoms with E-state index >= 15 is 0 Å². The van der Waals surface area contributed by atoms with Crippen molar-refractivity contribution in [1.82, 2.24) is 0 Å². The minimum absolute atomic E-state index is 0.0560. The Balaban J connectivity index is 0.975. The second kappa shape index (κ2) is 13.0. The standard InChI is InChI=1S/C56H39NO3/c1-56(2,3)37-23-26-38(27-24-37)57(39-25-21-34-11-4-5-12-35(34)31-39)40-28-30-43-46-16-8-14-41(54(46)60-52(43)33-40)36-22-29-48-51(32-36)58-50-20-10-15-44(53(48)50)47-18-9-17-45-42-13-6-7-19-49(42)59-55(45)47/h4-33H,1-3H3. The highest BCUT2D eigenvalue weighted by Crippen LogP contribution is 2.45. The molecule has 60 heavy (non-hydrogen) atoms. The van der Waals surface area contributed by atoms with Crippen molar-refractivity contribution in [2.24, 2.45) is 0 Å². The van der Waals surface area contributed by atoms with Gasteiger partial charge in [0.1, 0.15) is 33.5 Å². The maximum atomic E-state index is 6.88. The summed E-state index contributed by atoms with van der Waals surface area (Å²) in [6.45, 7) is 6.76. The van der Waals surface area contributed by atoms with E-state index < -0.39 is 0 Å². The lowest BCUT2D eigenvalue weighted by atomic mass is 9.87. The van der Waals surface area contributed by atoms with Crippen molar-refractivity contribution in [3.63, 3.8) is 0 Å². The predicted octanol–water partition coefficient (Wildman–Crippen LogP) is 16.6. The molecular weight excluding hydrogens is 735 g/mol. The molecule has 0 aliphatic rings. The summed E-state index contributed by atoms with van der Waals surface area (Å²) in [7, 11) is 0. The number of hydrogen-bond donors (Lipinski definition) is 0. The normalized spacial score (nSPS) is 12.2. The van der Waals surface area contributed by atoms with Crippen molar-refractivity contribution < 1.29 is 13.3 Å². The Morgan fingerprint density at radius 2 is 0.950 bits per heavy atom. The zero-order valence-electron chi connectivity index (χ0n) is 33.5. The molecule has 0 aliphatic carbocycles. The summed E-state index contributed by atoms with van der Waals surface area (Å²) in [4.78, 5) is 2.32. The summed E-state index contributed by atoms with van der Waals surface area (Å²) >= 11 is 0. The predicted molar refractivity (Wildman–Crippen MR) is 250 cm³/mol. The van der Waals surface area contributed by atoms with E-state index in [9.17, 15) is 0 Å². The lowest BCUT2D eigenvalue weighted by molar-refractivity contribution is 0.590. The molecule has 0 radical (unpaired) electrons. The fourth-order valence-electron chi connectivity index (χ4n) is 9.20. The van der Waals surface area contributed by atoms with Crippen LogP contribution in [-0.4, -0.2) is 0 Å². The molecule has 0 bridgehead atoms. The molecule has 0 atom stereocenters. The SMILES string of the molecule is CC(C)(C)c1ccc(N(c2ccc3ccccc3c2)c2ccc3c(c2)oc2c(-c4ccc5c(c4)oc4cccc(-c6cccc7c6oc6ccccc67)c45)cccc23)cc1. The van der Waals surface area contributed by atoms with Gasteiger partial charge in [0.15, 0.2) is 0 Å². The van der Waals surface area contributed by atoms with Crippen molar-refractivity contribution in [3.05, 3.63) is 188 Å². The Morgan fingerprint density at radius 3 is 1.78 bits per heavy atom. The maximum absolute atomic E-state index is 6.88. The van der Waals surface area contributed by atoms with Crippen LogP contribution in [0.15, 0.2) is 195 Å². The molecule has 4 heteroatoms. The summed E-state index contributed by atoms with van der Waals surface area (Å²) in [6.07, 6.45) is 0. The van der Waals surface area contributed by atoms with Crippen LogP contribution in [0.2, 0.25) is 0 Å². The van der Waals surface area contributed by atoms with Crippen LogP contribution in [0.3, 0.4) is 0 Å². The van der Waals surface area contributed by atoms with Crippen LogP contribution in [-0.2, 0) is 5.41 Å². The third kappa shape index (κ3) is 5.38. The van der Waals surface area contributed by atoms with Gasteiger partial charge in [0, 0.05) is 66.6 Å². The van der Waals surface area contributed by atoms with Crippen LogP contribution >= 0.6 is 0 Å². The van der Waals surface area contributed by atoms with Gasteiger partial charge in [0.05, 0.1) is 0 Å². The van der Waals surface area contributed by atoms with Gasteiger partial charge in [0.2, 0.25) is 0 Å². The highest BCUT2D eigenvalue weighted by molar-refractivity contribution is 6.18. The molecule has 3 aromatic heterocycles. The summed E-state index contributed by atoms with van der Waals surface area (Å²) in [6, 6.07) is 64.6. The average molecular weight is 774 g/mol. The van der Waals surface area contributed by atoms with Crippen LogP contribution < -0.4 is 4.90 Å². The number of anilines is 3. The fraction of sp³-hybridized carbons (Fsp3) is 0.0714. The third-order valence-corrected chi connectivity index (χ3v) is 12.2. The van der Waals surface area contributed by atoms with Crippen molar-refractivity contribution in [3.8, 4) is 22.3 Å². The summed E-state index contributed by atoms with van der Waals surface area (Å²) in [5.74, 6) is 0. The van der Waals surface area contributed by atoms with E-state index in [1.54, 1.807) is 0 Å². The van der Waals surface area contributed by atoms with Gasteiger partial charge in [-0.1, -0.05) is 136 Å². The first-order chi connectivity index (χ1) is 29.4. The van der Waals surface area contributed by atoms with Crippen LogP contribution in [0, 0.1) is 0 Å². The smallest absolute Gasteiger partial charge is 0.143 e. The Kier molecular flexibility index (Phi) is 7.45.